The summed E-state index contributed by atoms with van der Waals surface area (Å²) in [5.41, 5.74) is 0.983. The second-order valence-electron chi connectivity index (χ2n) is 5.57. The van der Waals surface area contributed by atoms with Crippen LogP contribution >= 0.6 is 0 Å². The Hall–Kier alpha value is -0.890. The van der Waals surface area contributed by atoms with Crippen molar-refractivity contribution in [2.75, 3.05) is 33.4 Å². The lowest BCUT2D eigenvalue weighted by atomic mass is 10.3. The van der Waals surface area contributed by atoms with Crippen LogP contribution in [0.3, 0.4) is 0 Å². The molecule has 0 saturated carbocycles. The number of sulfonamides is 1. The van der Waals surface area contributed by atoms with E-state index in [0.717, 1.165) is 12.1 Å². The molecule has 0 spiro atoms. The second-order valence-corrected chi connectivity index (χ2v) is 7.51. The summed E-state index contributed by atoms with van der Waals surface area (Å²) >= 11 is 0. The maximum Gasteiger partial charge on any atom is 0.244 e. The third kappa shape index (κ3) is 3.66. The lowest BCUT2D eigenvalue weighted by Gasteiger charge is -2.18. The van der Waals surface area contributed by atoms with Gasteiger partial charge in [0.15, 0.2) is 0 Å². The van der Waals surface area contributed by atoms with Crippen LogP contribution < -0.4 is 5.32 Å². The van der Waals surface area contributed by atoms with Crippen LogP contribution in [0.25, 0.3) is 0 Å². The Bertz CT molecular complexity index is 558. The summed E-state index contributed by atoms with van der Waals surface area (Å²) in [7, 11) is -1.58. The lowest BCUT2D eigenvalue weighted by molar-refractivity contribution is 0.148. The van der Waals surface area contributed by atoms with Gasteiger partial charge in [-0.15, -0.1) is 0 Å². The average Bonchev–Trinajstić information content (AvgIpc) is 2.68. The van der Waals surface area contributed by atoms with Gasteiger partial charge in [-0.05, 0) is 33.4 Å². The Kier molecular flexibility index (Phi) is 5.43. The van der Waals surface area contributed by atoms with Gasteiger partial charge in [-0.25, -0.2) is 8.42 Å². The largest absolute Gasteiger partial charge is 0.380 e. The number of rotatable bonds is 5. The quantitative estimate of drug-likeness (QED) is 0.887. The molecule has 2 rings (SSSR count). The van der Waals surface area contributed by atoms with Crippen molar-refractivity contribution < 1.29 is 13.2 Å². The minimum atomic E-state index is -3.43. The molecule has 1 saturated heterocycles. The lowest BCUT2D eigenvalue weighted by Crippen LogP contribution is -2.33. The minimum Gasteiger partial charge on any atom is -0.380 e. The van der Waals surface area contributed by atoms with Crippen LogP contribution in [-0.4, -0.2) is 50.6 Å². The van der Waals surface area contributed by atoms with Crippen LogP contribution in [0.15, 0.2) is 17.2 Å². The zero-order valence-electron chi connectivity index (χ0n) is 13.0. The summed E-state index contributed by atoms with van der Waals surface area (Å²) in [6.07, 6.45) is 2.49. The van der Waals surface area contributed by atoms with Gasteiger partial charge in [0, 0.05) is 44.2 Å². The van der Waals surface area contributed by atoms with Gasteiger partial charge in [0.25, 0.3) is 0 Å². The molecule has 1 aromatic heterocycles. The van der Waals surface area contributed by atoms with Crippen LogP contribution in [-0.2, 0) is 21.3 Å². The number of hydrogen-bond donors (Lipinski definition) is 1. The van der Waals surface area contributed by atoms with E-state index < -0.39 is 10.0 Å². The highest BCUT2D eigenvalue weighted by Crippen LogP contribution is 2.23. The fourth-order valence-corrected chi connectivity index (χ4v) is 4.07. The molecule has 2 heterocycles. The van der Waals surface area contributed by atoms with Crippen molar-refractivity contribution in [3.8, 4) is 0 Å². The second kappa shape index (κ2) is 6.91. The summed E-state index contributed by atoms with van der Waals surface area (Å²) in [5, 5.41) is 3.08. The molecule has 0 amide bonds. The van der Waals surface area contributed by atoms with Crippen molar-refractivity contribution in [1.82, 2.24) is 14.2 Å². The normalized spacial score (nSPS) is 18.1. The van der Waals surface area contributed by atoms with Crippen molar-refractivity contribution in [2.24, 2.45) is 0 Å². The molecule has 0 aromatic carbocycles. The molecule has 6 nitrogen and oxygen atoms in total. The van der Waals surface area contributed by atoms with Crippen LogP contribution in [0.5, 0.6) is 0 Å². The Morgan fingerprint density at radius 1 is 1.33 bits per heavy atom. The Balaban J connectivity index is 2.32. The number of nitrogens with one attached hydrogen (secondary N) is 1. The predicted molar refractivity (Wildman–Crippen MR) is 81.8 cm³/mol. The van der Waals surface area contributed by atoms with Gasteiger partial charge >= 0.3 is 0 Å². The van der Waals surface area contributed by atoms with Crippen LogP contribution in [0, 0.1) is 0 Å². The minimum absolute atomic E-state index is 0.227. The monoisotopic (exact) mass is 315 g/mol. The maximum atomic E-state index is 12.8. The van der Waals surface area contributed by atoms with Gasteiger partial charge in [-0.1, -0.05) is 0 Å². The summed E-state index contributed by atoms with van der Waals surface area (Å²) in [6.45, 7) is 6.80. The van der Waals surface area contributed by atoms with Crippen molar-refractivity contribution in [2.45, 2.75) is 37.8 Å². The van der Waals surface area contributed by atoms with Crippen molar-refractivity contribution in [3.63, 3.8) is 0 Å². The summed E-state index contributed by atoms with van der Waals surface area (Å²) < 4.78 is 34.4. The molecular formula is C14H25N3O3S. The third-order valence-electron chi connectivity index (χ3n) is 3.64. The first-order valence-corrected chi connectivity index (χ1v) is 8.84. The van der Waals surface area contributed by atoms with E-state index in [1.54, 1.807) is 12.3 Å². The van der Waals surface area contributed by atoms with E-state index in [4.69, 9.17) is 4.74 Å². The molecule has 1 aliphatic rings. The smallest absolute Gasteiger partial charge is 0.244 e. The Labute approximate surface area is 127 Å². The van der Waals surface area contributed by atoms with E-state index in [1.807, 2.05) is 11.6 Å². The first kappa shape index (κ1) is 16.5. The molecule has 1 fully saturated rings. The first-order valence-electron chi connectivity index (χ1n) is 7.40. The average molecular weight is 315 g/mol. The number of ether oxygens (including phenoxy) is 1. The third-order valence-corrected chi connectivity index (χ3v) is 5.50. The predicted octanol–water partition coefficient (Wildman–Crippen LogP) is 1.20. The van der Waals surface area contributed by atoms with Gasteiger partial charge in [0.2, 0.25) is 10.0 Å². The molecule has 120 valence electrons. The van der Waals surface area contributed by atoms with Crippen LogP contribution in [0.2, 0.25) is 0 Å². The maximum absolute atomic E-state index is 12.8. The van der Waals surface area contributed by atoms with Crippen LogP contribution in [0.1, 0.15) is 32.0 Å². The van der Waals surface area contributed by atoms with E-state index in [0.29, 0.717) is 37.7 Å². The molecule has 0 unspecified atom stereocenters. The van der Waals surface area contributed by atoms with E-state index in [2.05, 4.69) is 19.2 Å². The van der Waals surface area contributed by atoms with E-state index >= 15 is 0 Å². The molecule has 0 atom stereocenters. The van der Waals surface area contributed by atoms with Gasteiger partial charge in [-0.2, -0.15) is 4.31 Å². The SMILES string of the molecule is CNCc1cc(S(=O)(=O)N2CCCOCC2)cn1C(C)C. The van der Waals surface area contributed by atoms with E-state index in [1.165, 1.54) is 4.31 Å². The number of aromatic nitrogens is 1. The zero-order valence-corrected chi connectivity index (χ0v) is 13.8. The van der Waals surface area contributed by atoms with E-state index in [9.17, 15) is 8.42 Å². The Morgan fingerprint density at radius 3 is 2.76 bits per heavy atom. The highest BCUT2D eigenvalue weighted by molar-refractivity contribution is 7.89. The van der Waals surface area contributed by atoms with Gasteiger partial charge < -0.3 is 14.6 Å². The molecule has 1 aliphatic heterocycles. The molecule has 0 radical (unpaired) electrons. The Morgan fingerprint density at radius 2 is 2.10 bits per heavy atom. The van der Waals surface area contributed by atoms with Gasteiger partial charge in [0.05, 0.1) is 6.61 Å². The molecule has 0 bridgehead atoms. The van der Waals surface area contributed by atoms with Crippen molar-refractivity contribution in [1.29, 1.82) is 0 Å². The van der Waals surface area contributed by atoms with Crippen molar-refractivity contribution in [3.05, 3.63) is 18.0 Å². The summed E-state index contributed by atoms with van der Waals surface area (Å²) in [6, 6.07) is 2.00. The fourth-order valence-electron chi connectivity index (χ4n) is 2.55. The highest BCUT2D eigenvalue weighted by Gasteiger charge is 2.27. The number of nitrogens with zero attached hydrogens (tertiary/aromatic N) is 2. The molecule has 0 aliphatic carbocycles. The zero-order chi connectivity index (χ0) is 15.5. The number of hydrogen-bond acceptors (Lipinski definition) is 4. The van der Waals surface area contributed by atoms with Gasteiger partial charge in [0.1, 0.15) is 4.90 Å². The standard InChI is InChI=1S/C14H25N3O3S/c1-12(2)17-11-14(9-13(17)10-15-3)21(18,19)16-5-4-7-20-8-6-16/h9,11-12,15H,4-8,10H2,1-3H3. The van der Waals surface area contributed by atoms with Crippen LogP contribution in [0.4, 0.5) is 0 Å². The summed E-state index contributed by atoms with van der Waals surface area (Å²) in [4.78, 5) is 0.378. The fraction of sp³-hybridized carbons (Fsp3) is 0.714. The molecule has 7 heteroatoms. The van der Waals surface area contributed by atoms with Gasteiger partial charge in [-0.3, -0.25) is 0 Å². The molecular weight excluding hydrogens is 290 g/mol. The van der Waals surface area contributed by atoms with Crippen molar-refractivity contribution >= 4 is 10.0 Å². The molecule has 1 aromatic rings. The molecule has 21 heavy (non-hydrogen) atoms. The molecule has 1 N–H and O–H groups in total. The van der Waals surface area contributed by atoms with E-state index in [-0.39, 0.29) is 6.04 Å². The highest BCUT2D eigenvalue weighted by atomic mass is 32.2. The topological polar surface area (TPSA) is 63.6 Å². The summed E-state index contributed by atoms with van der Waals surface area (Å²) in [5.74, 6) is 0. The first-order chi connectivity index (χ1) is 9.96.